The van der Waals surface area contributed by atoms with Crippen LogP contribution >= 0.6 is 0 Å². The molecule has 0 saturated carbocycles. The molecule has 0 radical (unpaired) electrons. The van der Waals surface area contributed by atoms with Gasteiger partial charge in [-0.15, -0.1) is 0 Å². The van der Waals surface area contributed by atoms with Gasteiger partial charge in [0, 0.05) is 23.4 Å². The largest absolute Gasteiger partial charge is 0.478 e. The van der Waals surface area contributed by atoms with Gasteiger partial charge in [-0.2, -0.15) is 0 Å². The van der Waals surface area contributed by atoms with E-state index < -0.39 is 11.8 Å². The van der Waals surface area contributed by atoms with Crippen LogP contribution in [0.25, 0.3) is 10.8 Å². The zero-order chi connectivity index (χ0) is 18.0. The van der Waals surface area contributed by atoms with Crippen molar-refractivity contribution in [2.75, 3.05) is 5.32 Å². The normalized spacial score (nSPS) is 10.4. The highest BCUT2D eigenvalue weighted by molar-refractivity contribution is 6.21. The molecule has 3 aromatic carbocycles. The SMILES string of the molecule is CC(=O)Nc1c(C(=O)c2ccccc2C(=O)O)ccc2ccccc12. The van der Waals surface area contributed by atoms with Gasteiger partial charge in [0.2, 0.25) is 5.91 Å². The molecule has 0 unspecified atom stereocenters. The minimum absolute atomic E-state index is 0.0746. The third-order valence-electron chi connectivity index (χ3n) is 3.88. The molecule has 0 aliphatic carbocycles. The minimum atomic E-state index is -1.18. The maximum atomic E-state index is 13.0. The van der Waals surface area contributed by atoms with E-state index in [2.05, 4.69) is 5.32 Å². The molecular weight excluding hydrogens is 318 g/mol. The van der Waals surface area contributed by atoms with Gasteiger partial charge in [-0.3, -0.25) is 9.59 Å². The average Bonchev–Trinajstić information content (AvgIpc) is 2.61. The number of carbonyl (C=O) groups excluding carboxylic acids is 2. The fourth-order valence-corrected chi connectivity index (χ4v) is 2.78. The topological polar surface area (TPSA) is 83.5 Å². The zero-order valence-corrected chi connectivity index (χ0v) is 13.4. The number of carbonyl (C=O) groups is 3. The first-order valence-corrected chi connectivity index (χ1v) is 7.65. The molecule has 5 heteroatoms. The Kier molecular flexibility index (Phi) is 4.31. The van der Waals surface area contributed by atoms with Crippen LogP contribution in [0.1, 0.15) is 33.2 Å². The van der Waals surface area contributed by atoms with E-state index in [0.29, 0.717) is 5.69 Å². The fourth-order valence-electron chi connectivity index (χ4n) is 2.78. The van der Waals surface area contributed by atoms with Crippen molar-refractivity contribution in [2.24, 2.45) is 0 Å². The van der Waals surface area contributed by atoms with Gasteiger partial charge < -0.3 is 10.4 Å². The molecule has 0 aromatic heterocycles. The third kappa shape index (κ3) is 3.12. The Hall–Kier alpha value is -3.47. The van der Waals surface area contributed by atoms with Gasteiger partial charge in [0.15, 0.2) is 5.78 Å². The molecule has 0 saturated heterocycles. The molecule has 3 rings (SSSR count). The van der Waals surface area contributed by atoms with Gasteiger partial charge in [0.1, 0.15) is 0 Å². The number of amides is 1. The van der Waals surface area contributed by atoms with Crippen molar-refractivity contribution in [3.63, 3.8) is 0 Å². The van der Waals surface area contributed by atoms with Crippen LogP contribution in [-0.4, -0.2) is 22.8 Å². The molecule has 0 bridgehead atoms. The van der Waals surface area contributed by atoms with E-state index in [-0.39, 0.29) is 22.6 Å². The third-order valence-corrected chi connectivity index (χ3v) is 3.88. The Balaban J connectivity index is 2.23. The summed E-state index contributed by atoms with van der Waals surface area (Å²) in [5.74, 6) is -1.93. The summed E-state index contributed by atoms with van der Waals surface area (Å²) >= 11 is 0. The lowest BCUT2D eigenvalue weighted by Gasteiger charge is -2.14. The van der Waals surface area contributed by atoms with Crippen LogP contribution in [0, 0.1) is 0 Å². The smallest absolute Gasteiger partial charge is 0.336 e. The van der Waals surface area contributed by atoms with Crippen molar-refractivity contribution in [2.45, 2.75) is 6.92 Å². The number of nitrogens with one attached hydrogen (secondary N) is 1. The maximum Gasteiger partial charge on any atom is 0.336 e. The number of rotatable bonds is 4. The van der Waals surface area contributed by atoms with Crippen LogP contribution in [0.3, 0.4) is 0 Å². The zero-order valence-electron chi connectivity index (χ0n) is 13.4. The second-order valence-electron chi connectivity index (χ2n) is 5.57. The van der Waals surface area contributed by atoms with E-state index in [9.17, 15) is 19.5 Å². The molecule has 1 amide bonds. The van der Waals surface area contributed by atoms with Crippen LogP contribution < -0.4 is 5.32 Å². The number of ketones is 1. The number of fused-ring (bicyclic) bond motifs is 1. The Labute approximate surface area is 143 Å². The predicted octanol–water partition coefficient (Wildman–Crippen LogP) is 3.73. The summed E-state index contributed by atoms with van der Waals surface area (Å²) in [6.45, 7) is 1.36. The summed E-state index contributed by atoms with van der Waals surface area (Å²) in [6, 6.07) is 16.8. The van der Waals surface area contributed by atoms with Crippen LogP contribution in [0.5, 0.6) is 0 Å². The molecule has 5 nitrogen and oxygen atoms in total. The quantitative estimate of drug-likeness (QED) is 0.713. The highest BCUT2D eigenvalue weighted by Gasteiger charge is 2.21. The molecule has 0 spiro atoms. The van der Waals surface area contributed by atoms with Gasteiger partial charge in [0.25, 0.3) is 0 Å². The number of hydrogen-bond donors (Lipinski definition) is 2. The van der Waals surface area contributed by atoms with E-state index >= 15 is 0 Å². The summed E-state index contributed by atoms with van der Waals surface area (Å²) in [7, 11) is 0. The van der Waals surface area contributed by atoms with Crippen molar-refractivity contribution >= 4 is 34.1 Å². The van der Waals surface area contributed by atoms with Crippen molar-refractivity contribution in [3.05, 3.63) is 77.4 Å². The molecule has 0 heterocycles. The first-order valence-electron chi connectivity index (χ1n) is 7.65. The Morgan fingerprint density at radius 1 is 0.800 bits per heavy atom. The molecular formula is C20H15NO4. The molecule has 0 aliphatic heterocycles. The predicted molar refractivity (Wildman–Crippen MR) is 95.1 cm³/mol. The van der Waals surface area contributed by atoms with E-state index in [0.717, 1.165) is 10.8 Å². The van der Waals surface area contributed by atoms with Crippen molar-refractivity contribution in [1.82, 2.24) is 0 Å². The number of anilines is 1. The average molecular weight is 333 g/mol. The lowest BCUT2D eigenvalue weighted by Crippen LogP contribution is -2.14. The fraction of sp³-hybridized carbons (Fsp3) is 0.0500. The second-order valence-corrected chi connectivity index (χ2v) is 5.57. The number of hydrogen-bond acceptors (Lipinski definition) is 3. The molecule has 0 fully saturated rings. The molecule has 3 aromatic rings. The Bertz CT molecular complexity index is 1010. The van der Waals surface area contributed by atoms with Gasteiger partial charge in [-0.1, -0.05) is 48.5 Å². The number of benzene rings is 3. The summed E-state index contributed by atoms with van der Waals surface area (Å²) in [5.41, 5.74) is 0.643. The summed E-state index contributed by atoms with van der Waals surface area (Å²) in [5, 5.41) is 13.6. The van der Waals surface area contributed by atoms with Crippen LogP contribution in [0.2, 0.25) is 0 Å². The highest BCUT2D eigenvalue weighted by Crippen LogP contribution is 2.30. The van der Waals surface area contributed by atoms with Crippen molar-refractivity contribution < 1.29 is 19.5 Å². The van der Waals surface area contributed by atoms with E-state index in [1.807, 2.05) is 18.2 Å². The minimum Gasteiger partial charge on any atom is -0.478 e. The standard InChI is InChI=1S/C20H15NO4/c1-12(22)21-18-14-7-3-2-6-13(14)10-11-17(18)19(23)15-8-4-5-9-16(15)20(24)25/h2-11H,1H3,(H,21,22)(H,24,25). The lowest BCUT2D eigenvalue weighted by molar-refractivity contribution is -0.114. The summed E-state index contributed by atoms with van der Waals surface area (Å²) in [6.07, 6.45) is 0. The number of carboxylic acids is 1. The van der Waals surface area contributed by atoms with Crippen LogP contribution in [0.15, 0.2) is 60.7 Å². The number of aromatic carboxylic acids is 1. The Morgan fingerprint density at radius 3 is 2.12 bits per heavy atom. The molecule has 2 N–H and O–H groups in total. The monoisotopic (exact) mass is 333 g/mol. The highest BCUT2D eigenvalue weighted by atomic mass is 16.4. The van der Waals surface area contributed by atoms with Crippen LogP contribution in [0.4, 0.5) is 5.69 Å². The molecule has 25 heavy (non-hydrogen) atoms. The first-order chi connectivity index (χ1) is 12.0. The Morgan fingerprint density at radius 2 is 1.44 bits per heavy atom. The number of carboxylic acid groups (broad SMARTS) is 1. The van der Waals surface area contributed by atoms with Gasteiger partial charge in [-0.25, -0.2) is 4.79 Å². The van der Waals surface area contributed by atoms with E-state index in [1.165, 1.54) is 19.1 Å². The van der Waals surface area contributed by atoms with Crippen LogP contribution in [-0.2, 0) is 4.79 Å². The van der Waals surface area contributed by atoms with Gasteiger partial charge in [0.05, 0.1) is 11.3 Å². The summed E-state index contributed by atoms with van der Waals surface area (Å²) in [4.78, 5) is 36.0. The van der Waals surface area contributed by atoms with Crippen molar-refractivity contribution in [1.29, 1.82) is 0 Å². The lowest BCUT2D eigenvalue weighted by atomic mass is 9.94. The van der Waals surface area contributed by atoms with Crippen molar-refractivity contribution in [3.8, 4) is 0 Å². The molecule has 0 atom stereocenters. The first kappa shape index (κ1) is 16.4. The summed E-state index contributed by atoms with van der Waals surface area (Å²) < 4.78 is 0. The second kappa shape index (κ2) is 6.57. The van der Waals surface area contributed by atoms with E-state index in [4.69, 9.17) is 0 Å². The van der Waals surface area contributed by atoms with Gasteiger partial charge >= 0.3 is 5.97 Å². The maximum absolute atomic E-state index is 13.0. The molecule has 0 aliphatic rings. The van der Waals surface area contributed by atoms with E-state index in [1.54, 1.807) is 30.3 Å². The molecule has 124 valence electrons. The van der Waals surface area contributed by atoms with Gasteiger partial charge in [-0.05, 0) is 17.5 Å².